The van der Waals surface area contributed by atoms with E-state index in [1.807, 2.05) is 101 Å². The molecule has 1 aliphatic heterocycles. The van der Waals surface area contributed by atoms with Crippen LogP contribution in [0.2, 0.25) is 0 Å². The van der Waals surface area contributed by atoms with Gasteiger partial charge in [0.05, 0.1) is 41.7 Å². The Morgan fingerprint density at radius 3 is 1.20 bits per heavy atom. The Bertz CT molecular complexity index is 1490. The molecule has 1 aliphatic rings. The van der Waals surface area contributed by atoms with Crippen molar-refractivity contribution in [2.24, 2.45) is 0 Å². The normalized spacial score (nSPS) is 13.2. The lowest BCUT2D eigenvalue weighted by atomic mass is 9.80. The van der Waals surface area contributed by atoms with Crippen LogP contribution in [0.1, 0.15) is 154 Å². The summed E-state index contributed by atoms with van der Waals surface area (Å²) >= 11 is 0. The molecule has 0 radical (unpaired) electrons. The summed E-state index contributed by atoms with van der Waals surface area (Å²) in [4.78, 5) is 28.9. The van der Waals surface area contributed by atoms with E-state index in [4.69, 9.17) is 9.47 Å². The number of nitrogens with one attached hydrogen (secondary N) is 1. The molecule has 0 amide bonds. The highest BCUT2D eigenvalue weighted by Crippen LogP contribution is 2.40. The zero-order chi connectivity index (χ0) is 39.5. The molecule has 0 fully saturated rings. The lowest BCUT2D eigenvalue weighted by Gasteiger charge is -2.31. The number of nitrogens with zero attached hydrogens (tertiary/aromatic N) is 2. The van der Waals surface area contributed by atoms with Crippen LogP contribution in [0.25, 0.3) is 0 Å². The SMILES string of the molecule is CCCCCCCCCCCCOC(=O)C1=C(C[n+]2ccccc2)NC(C[n+]2ccccc2)=C(C(=O)OCCCCCCCCCCCC)C1c1ccccc1. The van der Waals surface area contributed by atoms with E-state index >= 15 is 0 Å². The number of hydrogen-bond acceptors (Lipinski definition) is 5. The summed E-state index contributed by atoms with van der Waals surface area (Å²) in [6.45, 7) is 6.03. The number of rotatable bonds is 29. The number of allylic oxidation sites excluding steroid dienone is 2. The summed E-state index contributed by atoms with van der Waals surface area (Å²) in [7, 11) is 0. The molecule has 0 saturated heterocycles. The van der Waals surface area contributed by atoms with Crippen molar-refractivity contribution in [1.82, 2.24) is 5.32 Å². The van der Waals surface area contributed by atoms with E-state index in [1.54, 1.807) is 0 Å². The summed E-state index contributed by atoms with van der Waals surface area (Å²) in [5.41, 5.74) is 3.23. The quantitative estimate of drug-likeness (QED) is 0.0433. The molecule has 0 unspecified atom stereocenters. The van der Waals surface area contributed by atoms with Crippen LogP contribution in [0.3, 0.4) is 0 Å². The number of hydrogen-bond donors (Lipinski definition) is 1. The first kappa shape index (κ1) is 44.5. The highest BCUT2D eigenvalue weighted by atomic mass is 16.5. The zero-order valence-electron chi connectivity index (χ0n) is 34.7. The number of unbranched alkanes of at least 4 members (excludes halogenated alkanes) is 18. The van der Waals surface area contributed by atoms with Crippen molar-refractivity contribution < 1.29 is 28.2 Å². The van der Waals surface area contributed by atoms with E-state index in [-0.39, 0.29) is 11.9 Å². The maximum Gasteiger partial charge on any atom is 0.337 e. The largest absolute Gasteiger partial charge is 0.462 e. The Morgan fingerprint density at radius 2 is 0.821 bits per heavy atom. The average Bonchev–Trinajstić information content (AvgIpc) is 3.22. The first-order valence-electron chi connectivity index (χ1n) is 22.1. The van der Waals surface area contributed by atoms with Gasteiger partial charge in [0, 0.05) is 24.3 Å². The number of carbonyl (C=O) groups excluding carboxylic acids is 2. The molecular weight excluding hydrogens is 695 g/mol. The van der Waals surface area contributed by atoms with Gasteiger partial charge in [0.1, 0.15) is 0 Å². The summed E-state index contributed by atoms with van der Waals surface area (Å²) in [6, 6.07) is 21.8. The monoisotopic (exact) mass is 766 g/mol. The predicted molar refractivity (Wildman–Crippen MR) is 225 cm³/mol. The minimum Gasteiger partial charge on any atom is -0.462 e. The van der Waals surface area contributed by atoms with Crippen molar-refractivity contribution in [2.45, 2.75) is 161 Å². The van der Waals surface area contributed by atoms with Crippen LogP contribution in [0.5, 0.6) is 0 Å². The fourth-order valence-electron chi connectivity index (χ4n) is 7.63. The summed E-state index contributed by atoms with van der Waals surface area (Å²) < 4.78 is 16.3. The molecule has 3 heterocycles. The molecule has 0 spiro atoms. The van der Waals surface area contributed by atoms with Gasteiger partial charge in [-0.2, -0.15) is 9.13 Å². The van der Waals surface area contributed by atoms with Gasteiger partial charge in [-0.25, -0.2) is 9.59 Å². The Kier molecular flexibility index (Phi) is 21.7. The minimum atomic E-state index is -0.656. The van der Waals surface area contributed by atoms with Crippen molar-refractivity contribution in [1.29, 1.82) is 0 Å². The maximum absolute atomic E-state index is 14.4. The molecule has 56 heavy (non-hydrogen) atoms. The number of ether oxygens (including phenoxy) is 2. The summed E-state index contributed by atoms with van der Waals surface area (Å²) in [5.74, 6) is -1.43. The Morgan fingerprint density at radius 1 is 0.482 bits per heavy atom. The van der Waals surface area contributed by atoms with Gasteiger partial charge in [0.15, 0.2) is 37.9 Å². The van der Waals surface area contributed by atoms with Crippen LogP contribution >= 0.6 is 0 Å². The van der Waals surface area contributed by atoms with Crippen molar-refractivity contribution in [3.63, 3.8) is 0 Å². The van der Waals surface area contributed by atoms with E-state index < -0.39 is 5.92 Å². The second-order valence-electron chi connectivity index (χ2n) is 15.5. The topological polar surface area (TPSA) is 72.4 Å². The van der Waals surface area contributed by atoms with Crippen molar-refractivity contribution >= 4 is 11.9 Å². The van der Waals surface area contributed by atoms with E-state index in [1.165, 1.54) is 89.9 Å². The van der Waals surface area contributed by atoms with Crippen molar-refractivity contribution in [3.8, 4) is 0 Å². The van der Waals surface area contributed by atoms with Crippen LogP contribution in [-0.4, -0.2) is 25.2 Å². The average molecular weight is 766 g/mol. The number of carbonyl (C=O) groups is 2. The van der Waals surface area contributed by atoms with Gasteiger partial charge in [0.25, 0.3) is 0 Å². The third-order valence-electron chi connectivity index (χ3n) is 10.8. The highest BCUT2D eigenvalue weighted by Gasteiger charge is 2.41. The number of esters is 2. The van der Waals surface area contributed by atoms with Gasteiger partial charge in [0.2, 0.25) is 0 Å². The molecule has 2 aromatic heterocycles. The van der Waals surface area contributed by atoms with Crippen LogP contribution in [0.4, 0.5) is 0 Å². The summed E-state index contributed by atoms with van der Waals surface area (Å²) in [6.07, 6.45) is 32.1. The van der Waals surface area contributed by atoms with E-state index in [9.17, 15) is 9.59 Å². The van der Waals surface area contributed by atoms with Crippen LogP contribution in [0.15, 0.2) is 114 Å². The number of aromatic nitrogens is 2. The van der Waals surface area contributed by atoms with Gasteiger partial charge < -0.3 is 14.8 Å². The van der Waals surface area contributed by atoms with Gasteiger partial charge in [-0.1, -0.05) is 172 Å². The minimum absolute atomic E-state index is 0.348. The smallest absolute Gasteiger partial charge is 0.337 e. The van der Waals surface area contributed by atoms with Gasteiger partial charge in [-0.05, 0) is 18.4 Å². The first-order valence-corrected chi connectivity index (χ1v) is 22.1. The third kappa shape index (κ3) is 16.1. The summed E-state index contributed by atoms with van der Waals surface area (Å²) in [5, 5.41) is 3.61. The second kappa shape index (κ2) is 27.4. The standard InChI is InChI=1S/C49H70N3O4/c1-3-5-7-9-11-13-15-17-19-30-38-55-48(53)46-43(40-51-34-26-22-27-35-51)50-44(41-52-36-28-23-29-37-52)47(45(46)42-32-24-21-25-33-42)49(54)56-39-31-20-18-16-14-12-10-8-6-4-2/h21-29,32-37,45H,3-20,30-31,38-41H2,1-2H3/q+1/p+1. The van der Waals surface area contributed by atoms with Crippen molar-refractivity contribution in [2.75, 3.05) is 13.2 Å². The highest BCUT2D eigenvalue weighted by molar-refractivity contribution is 6.00. The Hall–Kier alpha value is -4.26. The number of dihydropyridines is 1. The Balaban J connectivity index is 1.53. The molecule has 304 valence electrons. The van der Waals surface area contributed by atoms with Gasteiger partial charge >= 0.3 is 11.9 Å². The number of benzene rings is 1. The molecule has 0 aliphatic carbocycles. The molecule has 4 rings (SSSR count). The molecule has 0 saturated carbocycles. The van der Waals surface area contributed by atoms with E-state index in [0.717, 1.165) is 55.5 Å². The predicted octanol–water partition coefficient (Wildman–Crippen LogP) is 10.8. The molecule has 1 N–H and O–H groups in total. The van der Waals surface area contributed by atoms with Crippen molar-refractivity contribution in [3.05, 3.63) is 120 Å². The molecule has 1 aromatic carbocycles. The van der Waals surface area contributed by atoms with Crippen LogP contribution in [-0.2, 0) is 32.2 Å². The molecule has 7 heteroatoms. The van der Waals surface area contributed by atoms with E-state index in [2.05, 4.69) is 19.2 Å². The zero-order valence-corrected chi connectivity index (χ0v) is 34.7. The molecule has 7 nitrogen and oxygen atoms in total. The molecule has 3 aromatic rings. The van der Waals surface area contributed by atoms with Gasteiger partial charge in [-0.3, -0.25) is 0 Å². The van der Waals surface area contributed by atoms with Gasteiger partial charge in [-0.15, -0.1) is 0 Å². The lowest BCUT2D eigenvalue weighted by molar-refractivity contribution is -0.692. The molecule has 0 bridgehead atoms. The number of pyridine rings is 2. The van der Waals surface area contributed by atoms with Crippen LogP contribution < -0.4 is 14.5 Å². The van der Waals surface area contributed by atoms with E-state index in [0.29, 0.717) is 37.4 Å². The molecule has 0 atom stereocenters. The first-order chi connectivity index (χ1) is 27.6. The molecular formula is C49H71N3O4+2. The maximum atomic E-state index is 14.4. The lowest BCUT2D eigenvalue weighted by Crippen LogP contribution is -2.45. The third-order valence-corrected chi connectivity index (χ3v) is 10.8. The fraction of sp³-hybridized carbons (Fsp3) is 0.551. The Labute approximate surface area is 338 Å². The fourth-order valence-corrected chi connectivity index (χ4v) is 7.63. The van der Waals surface area contributed by atoms with Crippen LogP contribution in [0, 0.1) is 0 Å². The second-order valence-corrected chi connectivity index (χ2v) is 15.5.